The Hall–Kier alpha value is -1.75. The van der Waals surface area contributed by atoms with Crippen LogP contribution in [0.4, 0.5) is 0 Å². The van der Waals surface area contributed by atoms with Crippen molar-refractivity contribution < 1.29 is 0 Å². The molecule has 2 aromatic rings. The first-order chi connectivity index (χ1) is 8.86. The lowest BCUT2D eigenvalue weighted by Gasteiger charge is -2.18. The van der Waals surface area contributed by atoms with Crippen molar-refractivity contribution in [2.75, 3.05) is 6.54 Å². The van der Waals surface area contributed by atoms with Gasteiger partial charge in [-0.25, -0.2) is 15.0 Å². The quantitative estimate of drug-likeness (QED) is 0.843. The van der Waals surface area contributed by atoms with Crippen molar-refractivity contribution >= 4 is 0 Å². The summed E-state index contributed by atoms with van der Waals surface area (Å²) in [6, 6.07) is 1.96. The van der Waals surface area contributed by atoms with Gasteiger partial charge in [0.15, 0.2) is 0 Å². The van der Waals surface area contributed by atoms with E-state index in [1.807, 2.05) is 18.5 Å². The van der Waals surface area contributed by atoms with E-state index in [2.05, 4.69) is 38.7 Å². The zero-order valence-corrected chi connectivity index (χ0v) is 10.9. The minimum absolute atomic E-state index is 0.0274. The van der Waals surface area contributed by atoms with Crippen molar-refractivity contribution in [2.24, 2.45) is 0 Å². The van der Waals surface area contributed by atoms with Gasteiger partial charge in [0.2, 0.25) is 0 Å². The van der Waals surface area contributed by atoms with Crippen LogP contribution >= 0.6 is 0 Å². The normalized spacial score (nSPS) is 12.6. The summed E-state index contributed by atoms with van der Waals surface area (Å²) >= 11 is 0. The van der Waals surface area contributed by atoms with Crippen molar-refractivity contribution in [3.8, 4) is 0 Å². The summed E-state index contributed by atoms with van der Waals surface area (Å²) in [4.78, 5) is 12.8. The standard InChI is InChI=1S/C13H19N5/c1-3-8-18-9-7-16-13(18)12(15-4-2)11-5-6-14-10-17-11/h5-7,9-10,12,15H,3-4,8H2,1-2H3. The average molecular weight is 245 g/mol. The molecule has 0 aliphatic carbocycles. The maximum absolute atomic E-state index is 4.47. The Labute approximate surface area is 107 Å². The molecule has 0 saturated heterocycles. The first-order valence-corrected chi connectivity index (χ1v) is 6.37. The van der Waals surface area contributed by atoms with Gasteiger partial charge < -0.3 is 9.88 Å². The molecule has 0 amide bonds. The van der Waals surface area contributed by atoms with Crippen molar-refractivity contribution in [3.63, 3.8) is 0 Å². The van der Waals surface area contributed by atoms with E-state index in [1.54, 1.807) is 12.5 Å². The fraction of sp³-hybridized carbons (Fsp3) is 0.462. The third-order valence-corrected chi connectivity index (χ3v) is 2.78. The summed E-state index contributed by atoms with van der Waals surface area (Å²) in [5.41, 5.74) is 0.954. The Balaban J connectivity index is 2.32. The van der Waals surface area contributed by atoms with E-state index in [1.165, 1.54) is 0 Å². The third kappa shape index (κ3) is 2.73. The van der Waals surface area contributed by atoms with Crippen molar-refractivity contribution in [1.29, 1.82) is 0 Å². The molecule has 96 valence electrons. The number of rotatable bonds is 6. The molecule has 0 spiro atoms. The molecule has 18 heavy (non-hydrogen) atoms. The molecule has 2 rings (SSSR count). The predicted molar refractivity (Wildman–Crippen MR) is 70.1 cm³/mol. The fourth-order valence-corrected chi connectivity index (χ4v) is 2.01. The molecule has 0 radical (unpaired) electrons. The highest BCUT2D eigenvalue weighted by Crippen LogP contribution is 2.18. The topological polar surface area (TPSA) is 55.6 Å². The van der Waals surface area contributed by atoms with Gasteiger partial charge >= 0.3 is 0 Å². The number of nitrogens with zero attached hydrogens (tertiary/aromatic N) is 4. The van der Waals surface area contributed by atoms with Crippen LogP contribution in [0.1, 0.15) is 37.8 Å². The van der Waals surface area contributed by atoms with Gasteiger partial charge in [0, 0.05) is 25.1 Å². The van der Waals surface area contributed by atoms with E-state index in [0.29, 0.717) is 0 Å². The average Bonchev–Trinajstić information content (AvgIpc) is 2.85. The van der Waals surface area contributed by atoms with Crippen LogP contribution in [0.2, 0.25) is 0 Å². The maximum atomic E-state index is 4.47. The van der Waals surface area contributed by atoms with E-state index in [0.717, 1.165) is 31.0 Å². The van der Waals surface area contributed by atoms with Crippen LogP contribution < -0.4 is 5.32 Å². The second-order valence-corrected chi connectivity index (χ2v) is 4.10. The van der Waals surface area contributed by atoms with E-state index < -0.39 is 0 Å². The molecule has 1 unspecified atom stereocenters. The first-order valence-electron chi connectivity index (χ1n) is 6.37. The molecule has 1 N–H and O–H groups in total. The van der Waals surface area contributed by atoms with Gasteiger partial charge in [-0.05, 0) is 19.0 Å². The molecule has 1 atom stereocenters. The number of nitrogens with one attached hydrogen (secondary N) is 1. The van der Waals surface area contributed by atoms with E-state index >= 15 is 0 Å². The Kier molecular flexibility index (Phi) is 4.41. The lowest BCUT2D eigenvalue weighted by atomic mass is 10.2. The third-order valence-electron chi connectivity index (χ3n) is 2.78. The zero-order valence-electron chi connectivity index (χ0n) is 10.9. The van der Waals surface area contributed by atoms with Gasteiger partial charge in [0.1, 0.15) is 18.2 Å². The van der Waals surface area contributed by atoms with Crippen LogP contribution in [0.5, 0.6) is 0 Å². The first kappa shape index (κ1) is 12.7. The summed E-state index contributed by atoms with van der Waals surface area (Å²) in [5, 5.41) is 3.43. The Bertz CT molecular complexity index is 465. The number of aryl methyl sites for hydroxylation is 1. The van der Waals surface area contributed by atoms with Gasteiger partial charge in [0.25, 0.3) is 0 Å². The van der Waals surface area contributed by atoms with Gasteiger partial charge in [0.05, 0.1) is 5.69 Å². The largest absolute Gasteiger partial charge is 0.333 e. The summed E-state index contributed by atoms with van der Waals surface area (Å²) in [6.45, 7) is 6.09. The molecule has 0 aromatic carbocycles. The summed E-state index contributed by atoms with van der Waals surface area (Å²) in [6.07, 6.45) is 8.29. The number of hydrogen-bond acceptors (Lipinski definition) is 4. The fourth-order valence-electron chi connectivity index (χ4n) is 2.01. The molecule has 0 fully saturated rings. The van der Waals surface area contributed by atoms with Crippen molar-refractivity contribution in [2.45, 2.75) is 32.9 Å². The van der Waals surface area contributed by atoms with Crippen LogP contribution in [0.25, 0.3) is 0 Å². The van der Waals surface area contributed by atoms with E-state index in [-0.39, 0.29) is 6.04 Å². The molecule has 5 heteroatoms. The molecule has 2 heterocycles. The molecule has 0 aliphatic rings. The van der Waals surface area contributed by atoms with Crippen LogP contribution in [0.3, 0.4) is 0 Å². The van der Waals surface area contributed by atoms with Gasteiger partial charge in [-0.3, -0.25) is 0 Å². The zero-order chi connectivity index (χ0) is 12.8. The molecular formula is C13H19N5. The van der Waals surface area contributed by atoms with E-state index in [4.69, 9.17) is 0 Å². The highest BCUT2D eigenvalue weighted by molar-refractivity contribution is 5.16. The number of hydrogen-bond donors (Lipinski definition) is 1. The summed E-state index contributed by atoms with van der Waals surface area (Å²) in [5.74, 6) is 1.01. The highest BCUT2D eigenvalue weighted by Gasteiger charge is 2.18. The minimum Gasteiger partial charge on any atom is -0.333 e. The second-order valence-electron chi connectivity index (χ2n) is 4.10. The van der Waals surface area contributed by atoms with Crippen LogP contribution in [0.15, 0.2) is 31.0 Å². The smallest absolute Gasteiger partial charge is 0.132 e. The predicted octanol–water partition coefficient (Wildman–Crippen LogP) is 1.78. The van der Waals surface area contributed by atoms with E-state index in [9.17, 15) is 0 Å². The van der Waals surface area contributed by atoms with Gasteiger partial charge in [-0.2, -0.15) is 0 Å². The second kappa shape index (κ2) is 6.26. The Morgan fingerprint density at radius 1 is 1.28 bits per heavy atom. The maximum Gasteiger partial charge on any atom is 0.132 e. The summed E-state index contributed by atoms with van der Waals surface area (Å²) < 4.78 is 2.18. The molecule has 0 bridgehead atoms. The van der Waals surface area contributed by atoms with Crippen molar-refractivity contribution in [3.05, 3.63) is 42.5 Å². The summed E-state index contributed by atoms with van der Waals surface area (Å²) in [7, 11) is 0. The molecule has 5 nitrogen and oxygen atoms in total. The Morgan fingerprint density at radius 2 is 2.17 bits per heavy atom. The lowest BCUT2D eigenvalue weighted by Crippen LogP contribution is -2.26. The molecule has 0 aliphatic heterocycles. The van der Waals surface area contributed by atoms with Crippen LogP contribution in [-0.4, -0.2) is 26.1 Å². The highest BCUT2D eigenvalue weighted by atomic mass is 15.1. The monoisotopic (exact) mass is 245 g/mol. The minimum atomic E-state index is 0.0274. The SMILES string of the molecule is CCCn1ccnc1C(NCC)c1ccncn1. The molecular weight excluding hydrogens is 226 g/mol. The van der Waals surface area contributed by atoms with Crippen LogP contribution in [0, 0.1) is 0 Å². The Morgan fingerprint density at radius 3 is 2.83 bits per heavy atom. The van der Waals surface area contributed by atoms with Gasteiger partial charge in [-0.1, -0.05) is 13.8 Å². The molecule has 2 aromatic heterocycles. The molecule has 0 saturated carbocycles. The van der Waals surface area contributed by atoms with Crippen LogP contribution in [-0.2, 0) is 6.54 Å². The number of aromatic nitrogens is 4. The number of imidazole rings is 1. The lowest BCUT2D eigenvalue weighted by molar-refractivity contribution is 0.534. The van der Waals surface area contributed by atoms with Gasteiger partial charge in [-0.15, -0.1) is 0 Å². The van der Waals surface area contributed by atoms with Crippen molar-refractivity contribution in [1.82, 2.24) is 24.8 Å².